The number of carbonyl (C=O) groups excluding carboxylic acids is 2. The molecule has 0 aliphatic carbocycles. The van der Waals surface area contributed by atoms with Gasteiger partial charge in [0.2, 0.25) is 10.0 Å². The maximum Gasteiger partial charge on any atom is 0.254 e. The number of hydrogen-bond acceptors (Lipinski definition) is 4. The van der Waals surface area contributed by atoms with Gasteiger partial charge in [0.15, 0.2) is 5.78 Å². The standard InChI is InChI=1S/C16H20N2O4S/c1-4-23(21,22)18-9-13-16(2,10-18)14(19)11-7-5-6-8-12(11)15(20)17(13)3/h5-8,13H,4,9-10H2,1-3H3/t13-,16+/m1/s1. The zero-order valence-corrected chi connectivity index (χ0v) is 14.3. The van der Waals surface area contributed by atoms with Crippen molar-refractivity contribution in [1.29, 1.82) is 0 Å². The minimum Gasteiger partial charge on any atom is -0.336 e. The number of carbonyl (C=O) groups is 2. The molecule has 0 radical (unpaired) electrons. The normalized spacial score (nSPS) is 28.5. The van der Waals surface area contributed by atoms with Gasteiger partial charge in [0, 0.05) is 25.7 Å². The Morgan fingerprint density at radius 1 is 1.22 bits per heavy atom. The third kappa shape index (κ3) is 2.21. The number of rotatable bonds is 2. The average molecular weight is 336 g/mol. The molecule has 0 bridgehead atoms. The monoisotopic (exact) mass is 336 g/mol. The summed E-state index contributed by atoms with van der Waals surface area (Å²) in [6.07, 6.45) is 0. The Bertz CT molecular complexity index is 789. The zero-order valence-electron chi connectivity index (χ0n) is 13.4. The van der Waals surface area contributed by atoms with Gasteiger partial charge in [-0.3, -0.25) is 9.59 Å². The second-order valence-corrected chi connectivity index (χ2v) is 8.67. The number of likely N-dealkylation sites (N-methyl/N-ethyl adjacent to an activating group) is 1. The van der Waals surface area contributed by atoms with Crippen LogP contribution in [0.2, 0.25) is 0 Å². The largest absolute Gasteiger partial charge is 0.336 e. The highest BCUT2D eigenvalue weighted by Crippen LogP contribution is 2.41. The molecule has 0 N–H and O–H groups in total. The second-order valence-electron chi connectivity index (χ2n) is 6.42. The number of amides is 1. The van der Waals surface area contributed by atoms with Crippen LogP contribution in [0, 0.1) is 5.41 Å². The summed E-state index contributed by atoms with van der Waals surface area (Å²) in [5.74, 6) is -0.416. The highest BCUT2D eigenvalue weighted by Gasteiger charge is 2.55. The minimum atomic E-state index is -3.40. The molecule has 2 atom stereocenters. The van der Waals surface area contributed by atoms with E-state index in [4.69, 9.17) is 0 Å². The van der Waals surface area contributed by atoms with E-state index in [1.165, 1.54) is 9.21 Å². The molecule has 1 saturated heterocycles. The molecule has 7 heteroatoms. The molecule has 1 amide bonds. The molecule has 23 heavy (non-hydrogen) atoms. The smallest absolute Gasteiger partial charge is 0.254 e. The molecular weight excluding hydrogens is 316 g/mol. The van der Waals surface area contributed by atoms with Gasteiger partial charge < -0.3 is 4.90 Å². The first-order chi connectivity index (χ1) is 10.7. The quantitative estimate of drug-likeness (QED) is 0.807. The van der Waals surface area contributed by atoms with Gasteiger partial charge in [-0.1, -0.05) is 18.2 Å². The Labute approximate surface area is 136 Å². The second kappa shape index (κ2) is 5.14. The van der Waals surface area contributed by atoms with E-state index in [2.05, 4.69) is 0 Å². The summed E-state index contributed by atoms with van der Waals surface area (Å²) in [7, 11) is -1.76. The van der Waals surface area contributed by atoms with E-state index in [1.54, 1.807) is 45.2 Å². The first kappa shape index (κ1) is 16.1. The van der Waals surface area contributed by atoms with Crippen LogP contribution in [-0.4, -0.2) is 61.2 Å². The first-order valence-corrected chi connectivity index (χ1v) is 9.22. The van der Waals surface area contributed by atoms with Gasteiger partial charge in [-0.05, 0) is 19.9 Å². The number of nitrogens with zero attached hydrogens (tertiary/aromatic N) is 2. The van der Waals surface area contributed by atoms with Gasteiger partial charge in [-0.2, -0.15) is 4.31 Å². The maximum atomic E-state index is 13.1. The Hall–Kier alpha value is -1.73. The predicted molar refractivity (Wildman–Crippen MR) is 85.8 cm³/mol. The highest BCUT2D eigenvalue weighted by atomic mass is 32.2. The van der Waals surface area contributed by atoms with Crippen LogP contribution in [0.1, 0.15) is 34.6 Å². The van der Waals surface area contributed by atoms with Gasteiger partial charge in [-0.15, -0.1) is 0 Å². The van der Waals surface area contributed by atoms with Crippen LogP contribution in [-0.2, 0) is 10.0 Å². The average Bonchev–Trinajstić information content (AvgIpc) is 2.90. The fraction of sp³-hybridized carbons (Fsp3) is 0.500. The van der Waals surface area contributed by atoms with E-state index in [-0.39, 0.29) is 30.5 Å². The molecule has 1 aromatic carbocycles. The molecule has 2 aliphatic heterocycles. The molecule has 0 saturated carbocycles. The highest BCUT2D eigenvalue weighted by molar-refractivity contribution is 7.89. The van der Waals surface area contributed by atoms with Crippen LogP contribution in [0.3, 0.4) is 0 Å². The lowest BCUT2D eigenvalue weighted by molar-refractivity contribution is 0.0606. The van der Waals surface area contributed by atoms with Gasteiger partial charge in [0.25, 0.3) is 5.91 Å². The minimum absolute atomic E-state index is 0.0156. The third-order valence-corrected chi connectivity index (χ3v) is 6.88. The van der Waals surface area contributed by atoms with Crippen LogP contribution in [0.5, 0.6) is 0 Å². The van der Waals surface area contributed by atoms with Crippen molar-refractivity contribution in [2.24, 2.45) is 5.41 Å². The van der Waals surface area contributed by atoms with Crippen LogP contribution < -0.4 is 0 Å². The van der Waals surface area contributed by atoms with E-state index >= 15 is 0 Å². The lowest BCUT2D eigenvalue weighted by Gasteiger charge is -2.32. The van der Waals surface area contributed by atoms with E-state index in [9.17, 15) is 18.0 Å². The van der Waals surface area contributed by atoms with Crippen LogP contribution in [0.4, 0.5) is 0 Å². The predicted octanol–water partition coefficient (Wildman–Crippen LogP) is 0.995. The molecule has 0 aromatic heterocycles. The van der Waals surface area contributed by atoms with Gasteiger partial charge >= 0.3 is 0 Å². The van der Waals surface area contributed by atoms with Crippen LogP contribution >= 0.6 is 0 Å². The maximum absolute atomic E-state index is 13.1. The molecule has 2 heterocycles. The molecular formula is C16H20N2O4S. The molecule has 2 aliphatic rings. The van der Waals surface area contributed by atoms with Crippen molar-refractivity contribution in [3.05, 3.63) is 35.4 Å². The fourth-order valence-corrected chi connectivity index (χ4v) is 4.80. The van der Waals surface area contributed by atoms with Crippen molar-refractivity contribution in [3.8, 4) is 0 Å². The summed E-state index contributed by atoms with van der Waals surface area (Å²) in [6, 6.07) is 6.29. The number of ketones is 1. The van der Waals surface area contributed by atoms with E-state index in [0.717, 1.165) is 0 Å². The summed E-state index contributed by atoms with van der Waals surface area (Å²) in [5.41, 5.74) is -0.162. The van der Waals surface area contributed by atoms with Crippen molar-refractivity contribution >= 4 is 21.7 Å². The van der Waals surface area contributed by atoms with Crippen molar-refractivity contribution in [2.45, 2.75) is 19.9 Å². The van der Waals surface area contributed by atoms with Crippen molar-refractivity contribution < 1.29 is 18.0 Å². The summed E-state index contributed by atoms with van der Waals surface area (Å²) >= 11 is 0. The van der Waals surface area contributed by atoms with Gasteiger partial charge in [0.05, 0.1) is 22.8 Å². The summed E-state index contributed by atoms with van der Waals surface area (Å²) in [4.78, 5) is 27.3. The van der Waals surface area contributed by atoms with E-state index < -0.39 is 21.5 Å². The van der Waals surface area contributed by atoms with E-state index in [0.29, 0.717) is 11.1 Å². The Morgan fingerprint density at radius 2 is 1.83 bits per heavy atom. The number of hydrogen-bond donors (Lipinski definition) is 0. The van der Waals surface area contributed by atoms with E-state index in [1.807, 2.05) is 0 Å². The topological polar surface area (TPSA) is 74.8 Å². The Balaban J connectivity index is 2.13. The number of fused-ring (bicyclic) bond motifs is 2. The summed E-state index contributed by atoms with van der Waals surface area (Å²) in [5, 5.41) is 0. The number of Topliss-reactive ketones (excluding diaryl/α,β-unsaturated/α-hetero) is 1. The van der Waals surface area contributed by atoms with Crippen LogP contribution in [0.25, 0.3) is 0 Å². The molecule has 1 fully saturated rings. The van der Waals surface area contributed by atoms with Crippen molar-refractivity contribution in [2.75, 3.05) is 25.9 Å². The molecule has 3 rings (SSSR count). The van der Waals surface area contributed by atoms with Crippen molar-refractivity contribution in [1.82, 2.24) is 9.21 Å². The third-order valence-electron chi connectivity index (χ3n) is 5.08. The van der Waals surface area contributed by atoms with Gasteiger partial charge in [0.1, 0.15) is 0 Å². The Morgan fingerprint density at radius 3 is 2.43 bits per heavy atom. The fourth-order valence-electron chi connectivity index (χ4n) is 3.60. The lowest BCUT2D eigenvalue weighted by Crippen LogP contribution is -2.48. The lowest BCUT2D eigenvalue weighted by atomic mass is 9.78. The van der Waals surface area contributed by atoms with Gasteiger partial charge in [-0.25, -0.2) is 8.42 Å². The van der Waals surface area contributed by atoms with Crippen LogP contribution in [0.15, 0.2) is 24.3 Å². The molecule has 1 aromatic rings. The Kier molecular flexibility index (Phi) is 3.61. The molecule has 0 spiro atoms. The van der Waals surface area contributed by atoms with Crippen molar-refractivity contribution in [3.63, 3.8) is 0 Å². The molecule has 0 unspecified atom stereocenters. The first-order valence-electron chi connectivity index (χ1n) is 7.61. The molecule has 6 nitrogen and oxygen atoms in total. The SMILES string of the molecule is CCS(=O)(=O)N1C[C@H]2N(C)C(=O)c3ccccc3C(=O)[C@@]2(C)C1. The summed E-state index contributed by atoms with van der Waals surface area (Å²) in [6.45, 7) is 3.61. The zero-order chi connectivity index (χ0) is 17.0. The summed E-state index contributed by atoms with van der Waals surface area (Å²) < 4.78 is 25.8. The number of sulfonamides is 1. The molecule has 124 valence electrons. The number of benzene rings is 1.